The van der Waals surface area contributed by atoms with Gasteiger partial charge in [0.1, 0.15) is 0 Å². The third kappa shape index (κ3) is 3.54. The van der Waals surface area contributed by atoms with Crippen molar-refractivity contribution in [3.63, 3.8) is 0 Å². The molecule has 0 spiro atoms. The van der Waals surface area contributed by atoms with Crippen LogP contribution in [0.5, 0.6) is 0 Å². The van der Waals surface area contributed by atoms with Crippen LogP contribution in [-0.2, 0) is 0 Å². The Kier molecular flexibility index (Phi) is 5.37. The van der Waals surface area contributed by atoms with Gasteiger partial charge in [-0.25, -0.2) is 4.90 Å². The molecule has 0 bridgehead atoms. The van der Waals surface area contributed by atoms with Gasteiger partial charge >= 0.3 is 0 Å². The summed E-state index contributed by atoms with van der Waals surface area (Å²) in [5.74, 6) is -0.652. The van der Waals surface area contributed by atoms with Gasteiger partial charge in [-0.3, -0.25) is 14.6 Å². The molecule has 0 N–H and O–H groups in total. The Balaban J connectivity index is 1.32. The highest BCUT2D eigenvalue weighted by atomic mass is 16.2. The van der Waals surface area contributed by atoms with Crippen molar-refractivity contribution in [3.05, 3.63) is 151 Å². The van der Waals surface area contributed by atoms with Gasteiger partial charge in [-0.1, -0.05) is 91.0 Å². The monoisotopic (exact) mass is 541 g/mol. The maximum atomic E-state index is 14.2. The zero-order chi connectivity index (χ0) is 28.2. The highest BCUT2D eigenvalue weighted by molar-refractivity contribution is 6.36. The normalized spacial score (nSPS) is 12.8. The average molecular weight is 542 g/mol. The second-order valence-corrected chi connectivity index (χ2v) is 10.4. The zero-order valence-electron chi connectivity index (χ0n) is 22.4. The molecular formula is C37H23N3O2. The van der Waals surface area contributed by atoms with E-state index in [1.165, 1.54) is 4.90 Å². The van der Waals surface area contributed by atoms with Crippen LogP contribution in [0.3, 0.4) is 0 Å². The van der Waals surface area contributed by atoms with Gasteiger partial charge in [0, 0.05) is 34.3 Å². The summed E-state index contributed by atoms with van der Waals surface area (Å²) in [6, 6.07) is 41.5. The van der Waals surface area contributed by atoms with Crippen LogP contribution in [0.15, 0.2) is 140 Å². The number of carbonyl (C=O) groups excluding carboxylic acids is 2. The molecule has 42 heavy (non-hydrogen) atoms. The van der Waals surface area contributed by atoms with Gasteiger partial charge in [0.25, 0.3) is 11.8 Å². The summed E-state index contributed by atoms with van der Waals surface area (Å²) in [4.78, 5) is 33.6. The molecule has 5 aromatic carbocycles. The first-order valence-electron chi connectivity index (χ1n) is 13.8. The predicted octanol–water partition coefficient (Wildman–Crippen LogP) is 8.31. The molecule has 2 amide bonds. The van der Waals surface area contributed by atoms with Crippen molar-refractivity contribution in [1.29, 1.82) is 0 Å². The van der Waals surface area contributed by atoms with Gasteiger partial charge in [-0.15, -0.1) is 0 Å². The van der Waals surface area contributed by atoms with E-state index < -0.39 is 0 Å². The molecule has 0 saturated carbocycles. The van der Waals surface area contributed by atoms with E-state index in [0.29, 0.717) is 22.5 Å². The number of para-hydroxylation sites is 2. The summed E-state index contributed by atoms with van der Waals surface area (Å²) in [7, 11) is 0. The van der Waals surface area contributed by atoms with E-state index in [1.54, 1.807) is 12.3 Å². The Morgan fingerprint density at radius 1 is 0.524 bits per heavy atom. The maximum absolute atomic E-state index is 14.2. The SMILES string of the molecule is O=C1c2cccc(-n3c4ccccc4c4cccc(-c5cccnc5)c43)c2C(=O)N1c1ccc(-c2ccccc2)cc1. The third-order valence-electron chi connectivity index (χ3n) is 8.03. The quantitative estimate of drug-likeness (QED) is 0.211. The van der Waals surface area contributed by atoms with Crippen LogP contribution in [-0.4, -0.2) is 21.4 Å². The number of pyridine rings is 1. The number of anilines is 1. The van der Waals surface area contributed by atoms with Gasteiger partial charge in [-0.05, 0) is 47.5 Å². The molecule has 0 radical (unpaired) electrons. The Labute approximate surface area is 241 Å². The first kappa shape index (κ1) is 24.0. The maximum Gasteiger partial charge on any atom is 0.268 e. The molecule has 5 nitrogen and oxygen atoms in total. The molecule has 0 atom stereocenters. The number of aromatic nitrogens is 2. The topological polar surface area (TPSA) is 55.2 Å². The van der Waals surface area contributed by atoms with Crippen LogP contribution in [0.4, 0.5) is 5.69 Å². The van der Waals surface area contributed by atoms with Gasteiger partial charge in [0.05, 0.1) is 33.5 Å². The van der Waals surface area contributed by atoms with Crippen molar-refractivity contribution in [1.82, 2.24) is 9.55 Å². The van der Waals surface area contributed by atoms with E-state index in [2.05, 4.69) is 33.8 Å². The number of hydrogen-bond acceptors (Lipinski definition) is 3. The fourth-order valence-electron chi connectivity index (χ4n) is 6.15. The highest BCUT2D eigenvalue weighted by Crippen LogP contribution is 2.41. The first-order valence-corrected chi connectivity index (χ1v) is 13.8. The summed E-state index contributed by atoms with van der Waals surface area (Å²) >= 11 is 0. The molecule has 8 rings (SSSR count). The van der Waals surface area contributed by atoms with Crippen molar-refractivity contribution in [2.24, 2.45) is 0 Å². The van der Waals surface area contributed by atoms with Gasteiger partial charge in [-0.2, -0.15) is 0 Å². The lowest BCUT2D eigenvalue weighted by Gasteiger charge is -2.16. The molecular weight excluding hydrogens is 518 g/mol. The van der Waals surface area contributed by atoms with E-state index in [-0.39, 0.29) is 11.8 Å². The molecule has 2 aromatic heterocycles. The van der Waals surface area contributed by atoms with Gasteiger partial charge in [0.15, 0.2) is 0 Å². The lowest BCUT2D eigenvalue weighted by atomic mass is 10.0. The first-order chi connectivity index (χ1) is 20.7. The molecule has 1 aliphatic heterocycles. The Hall–Kier alpha value is -5.81. The summed E-state index contributed by atoms with van der Waals surface area (Å²) in [5.41, 5.74) is 8.01. The zero-order valence-corrected chi connectivity index (χ0v) is 22.4. The third-order valence-corrected chi connectivity index (χ3v) is 8.03. The van der Waals surface area contributed by atoms with E-state index in [1.807, 2.05) is 103 Å². The van der Waals surface area contributed by atoms with Crippen molar-refractivity contribution in [2.45, 2.75) is 0 Å². The Bertz CT molecular complexity index is 2170. The van der Waals surface area contributed by atoms with Crippen molar-refractivity contribution < 1.29 is 9.59 Å². The van der Waals surface area contributed by atoms with Gasteiger partial charge in [0.2, 0.25) is 0 Å². The number of nitrogens with zero attached hydrogens (tertiary/aromatic N) is 3. The molecule has 5 heteroatoms. The lowest BCUT2D eigenvalue weighted by molar-refractivity contribution is 0.0926. The fraction of sp³-hybridized carbons (Fsp3) is 0. The van der Waals surface area contributed by atoms with Crippen molar-refractivity contribution >= 4 is 39.3 Å². The predicted molar refractivity (Wildman–Crippen MR) is 167 cm³/mol. The second-order valence-electron chi connectivity index (χ2n) is 10.4. The van der Waals surface area contributed by atoms with E-state index in [9.17, 15) is 9.59 Å². The Morgan fingerprint density at radius 3 is 2.02 bits per heavy atom. The Morgan fingerprint density at radius 2 is 1.21 bits per heavy atom. The number of rotatable bonds is 4. The van der Waals surface area contributed by atoms with E-state index in [0.717, 1.165) is 44.1 Å². The number of benzene rings is 5. The minimum atomic E-state index is -0.331. The molecule has 0 aliphatic carbocycles. The van der Waals surface area contributed by atoms with Crippen molar-refractivity contribution in [2.75, 3.05) is 4.90 Å². The van der Waals surface area contributed by atoms with Gasteiger partial charge < -0.3 is 4.57 Å². The largest absolute Gasteiger partial charge is 0.308 e. The van der Waals surface area contributed by atoms with Crippen molar-refractivity contribution in [3.8, 4) is 27.9 Å². The highest BCUT2D eigenvalue weighted by Gasteiger charge is 2.39. The number of hydrogen-bond donors (Lipinski definition) is 0. The van der Waals surface area contributed by atoms with Crippen LogP contribution < -0.4 is 4.90 Å². The summed E-state index contributed by atoms with van der Waals surface area (Å²) in [5, 5.41) is 2.13. The lowest BCUT2D eigenvalue weighted by Crippen LogP contribution is -2.29. The molecule has 1 aliphatic rings. The fourth-order valence-corrected chi connectivity index (χ4v) is 6.15. The van der Waals surface area contributed by atoms with Crippen LogP contribution >= 0.6 is 0 Å². The van der Waals surface area contributed by atoms with Crippen LogP contribution in [0.1, 0.15) is 20.7 Å². The number of amides is 2. The molecule has 7 aromatic rings. The molecule has 0 saturated heterocycles. The molecule has 0 unspecified atom stereocenters. The minimum absolute atomic E-state index is 0.322. The van der Waals surface area contributed by atoms with Crippen LogP contribution in [0.25, 0.3) is 49.7 Å². The minimum Gasteiger partial charge on any atom is -0.308 e. The summed E-state index contributed by atoms with van der Waals surface area (Å²) in [6.07, 6.45) is 3.61. The number of imide groups is 1. The van der Waals surface area contributed by atoms with E-state index in [4.69, 9.17) is 0 Å². The number of carbonyl (C=O) groups is 2. The van der Waals surface area contributed by atoms with Crippen LogP contribution in [0.2, 0.25) is 0 Å². The van der Waals surface area contributed by atoms with Crippen LogP contribution in [0, 0.1) is 0 Å². The molecule has 0 fully saturated rings. The molecule has 3 heterocycles. The summed E-state index contributed by atoms with van der Waals surface area (Å²) < 4.78 is 2.12. The molecule has 198 valence electrons. The number of fused-ring (bicyclic) bond motifs is 4. The summed E-state index contributed by atoms with van der Waals surface area (Å²) in [6.45, 7) is 0. The smallest absolute Gasteiger partial charge is 0.268 e. The van der Waals surface area contributed by atoms with E-state index >= 15 is 0 Å². The second kappa shape index (κ2) is 9.39. The average Bonchev–Trinajstić information content (AvgIpc) is 3.53. The standard InChI is InChI=1S/C37H23N3O2/c41-36-31-15-7-17-33(34(31)37(42)39(36)27-20-18-25(19-21-27)24-9-2-1-3-10-24)40-32-16-5-4-12-29(32)30-14-6-13-28(35(30)40)26-11-8-22-38-23-26/h1-23H.